The van der Waals surface area contributed by atoms with Crippen molar-refractivity contribution < 1.29 is 14.3 Å². The van der Waals surface area contributed by atoms with Gasteiger partial charge < -0.3 is 19.6 Å². The largest absolute Gasteiger partial charge is 0.497 e. The summed E-state index contributed by atoms with van der Waals surface area (Å²) in [6, 6.07) is 10.7. The average Bonchev–Trinajstić information content (AvgIpc) is 2.59. The van der Waals surface area contributed by atoms with Crippen molar-refractivity contribution in [1.29, 1.82) is 0 Å². The van der Waals surface area contributed by atoms with Gasteiger partial charge in [0.25, 0.3) is 0 Å². The summed E-state index contributed by atoms with van der Waals surface area (Å²) in [4.78, 5) is 12.7. The van der Waals surface area contributed by atoms with Crippen molar-refractivity contribution >= 4 is 21.9 Å². The van der Waals surface area contributed by atoms with E-state index in [0.717, 1.165) is 5.56 Å². The molecule has 23 heavy (non-hydrogen) atoms. The van der Waals surface area contributed by atoms with Crippen LogP contribution in [-0.4, -0.2) is 24.9 Å². The third kappa shape index (κ3) is 3.06. The average molecular weight is 313 g/mol. The van der Waals surface area contributed by atoms with Crippen LogP contribution in [0, 0.1) is 0 Å². The van der Waals surface area contributed by atoms with Crippen LogP contribution in [0.3, 0.4) is 0 Å². The van der Waals surface area contributed by atoms with Crippen LogP contribution >= 0.6 is 0 Å². The lowest BCUT2D eigenvalue weighted by atomic mass is 10.1. The number of benzene rings is 2. The molecular weight excluding hydrogens is 294 g/mol. The third-order valence-electron chi connectivity index (χ3n) is 3.87. The van der Waals surface area contributed by atoms with Gasteiger partial charge in [-0.1, -0.05) is 6.07 Å². The number of ether oxygens (including phenoxy) is 1. The van der Waals surface area contributed by atoms with Gasteiger partial charge in [-0.25, -0.2) is 0 Å². The molecule has 1 aromatic heterocycles. The van der Waals surface area contributed by atoms with E-state index < -0.39 is 0 Å². The molecule has 1 heterocycles. The first-order valence-corrected chi connectivity index (χ1v) is 7.50. The normalized spacial score (nSPS) is 12.7. The second-order valence-electron chi connectivity index (χ2n) is 5.59. The maximum Gasteiger partial charge on any atom is 0.200 e. The smallest absolute Gasteiger partial charge is 0.200 e. The summed E-state index contributed by atoms with van der Waals surface area (Å²) in [5, 5.41) is 13.3. The Kier molecular flexibility index (Phi) is 4.32. The topological polar surface area (TPSA) is 71.7 Å². The minimum absolute atomic E-state index is 0.00572. The van der Waals surface area contributed by atoms with Gasteiger partial charge in [-0.3, -0.25) is 4.79 Å². The minimum atomic E-state index is -0.0547. The van der Waals surface area contributed by atoms with Crippen LogP contribution in [0.25, 0.3) is 21.9 Å². The van der Waals surface area contributed by atoms with E-state index in [1.807, 2.05) is 19.1 Å². The van der Waals surface area contributed by atoms with Crippen molar-refractivity contribution in [3.8, 4) is 5.75 Å². The Bertz CT molecular complexity index is 901. The highest BCUT2D eigenvalue weighted by Crippen LogP contribution is 2.23. The Hall–Kier alpha value is -2.37. The van der Waals surface area contributed by atoms with E-state index in [0.29, 0.717) is 34.2 Å². The van der Waals surface area contributed by atoms with Crippen molar-refractivity contribution in [2.24, 2.45) is 0 Å². The first-order valence-electron chi connectivity index (χ1n) is 7.50. The molecule has 3 rings (SSSR count). The van der Waals surface area contributed by atoms with Gasteiger partial charge in [-0.05, 0) is 36.8 Å². The fourth-order valence-corrected chi connectivity index (χ4v) is 2.48. The number of fused-ring (bicyclic) bond motifs is 2. The summed E-state index contributed by atoms with van der Waals surface area (Å²) in [7, 11) is 1.58. The first-order chi connectivity index (χ1) is 11.1. The maximum atomic E-state index is 12.7. The Morgan fingerprint density at radius 2 is 2.00 bits per heavy atom. The van der Waals surface area contributed by atoms with Crippen molar-refractivity contribution in [3.05, 3.63) is 52.2 Å². The van der Waals surface area contributed by atoms with Gasteiger partial charge >= 0.3 is 0 Å². The summed E-state index contributed by atoms with van der Waals surface area (Å²) in [6.07, 6.45) is 0. The zero-order chi connectivity index (χ0) is 16.4. The van der Waals surface area contributed by atoms with Crippen LogP contribution in [0.4, 0.5) is 0 Å². The fourth-order valence-electron chi connectivity index (χ4n) is 2.48. The monoisotopic (exact) mass is 313 g/mol. The van der Waals surface area contributed by atoms with Gasteiger partial charge in [0, 0.05) is 18.7 Å². The van der Waals surface area contributed by atoms with Crippen LogP contribution in [0.15, 0.2) is 45.6 Å². The molecule has 1 atom stereocenters. The molecule has 5 nitrogen and oxygen atoms in total. The van der Waals surface area contributed by atoms with Gasteiger partial charge in [0.05, 0.1) is 24.5 Å². The lowest BCUT2D eigenvalue weighted by Gasteiger charge is -2.11. The van der Waals surface area contributed by atoms with Crippen LogP contribution in [0.5, 0.6) is 5.75 Å². The molecule has 2 aromatic carbocycles. The number of aliphatic hydroxyl groups excluding tert-OH is 1. The molecule has 0 spiro atoms. The fraction of sp³-hybridized carbons (Fsp3) is 0.278. The zero-order valence-electron chi connectivity index (χ0n) is 13.1. The molecule has 2 N–H and O–H groups in total. The quantitative estimate of drug-likeness (QED) is 0.708. The Morgan fingerprint density at radius 3 is 2.74 bits per heavy atom. The summed E-state index contributed by atoms with van der Waals surface area (Å²) >= 11 is 0. The molecule has 0 aliphatic heterocycles. The van der Waals surface area contributed by atoms with Crippen molar-refractivity contribution in [2.75, 3.05) is 13.7 Å². The molecule has 0 radical (unpaired) electrons. The SMILES string of the molecule is COc1ccc2c(=O)c3cc(CN[C@@H](C)CO)ccc3oc2c1. The molecule has 120 valence electrons. The van der Waals surface area contributed by atoms with Crippen LogP contribution in [0.2, 0.25) is 0 Å². The number of hydrogen-bond donors (Lipinski definition) is 2. The molecule has 0 aliphatic carbocycles. The van der Waals surface area contributed by atoms with Crippen LogP contribution < -0.4 is 15.5 Å². The summed E-state index contributed by atoms with van der Waals surface area (Å²) in [5.41, 5.74) is 1.98. The molecule has 3 aromatic rings. The molecule has 0 amide bonds. The van der Waals surface area contributed by atoms with E-state index in [1.54, 1.807) is 31.4 Å². The molecule has 0 aliphatic rings. The van der Waals surface area contributed by atoms with Crippen LogP contribution in [-0.2, 0) is 6.54 Å². The minimum Gasteiger partial charge on any atom is -0.497 e. The van der Waals surface area contributed by atoms with Crippen molar-refractivity contribution in [1.82, 2.24) is 5.32 Å². The predicted octanol–water partition coefficient (Wildman–Crippen LogP) is 2.43. The van der Waals surface area contributed by atoms with Gasteiger partial charge in [-0.15, -0.1) is 0 Å². The van der Waals surface area contributed by atoms with E-state index in [2.05, 4.69) is 5.32 Å². The maximum absolute atomic E-state index is 12.7. The zero-order valence-corrected chi connectivity index (χ0v) is 13.1. The molecule has 0 unspecified atom stereocenters. The molecule has 0 saturated heterocycles. The standard InChI is InChI=1S/C18H19NO4/c1-11(10-20)19-9-12-3-6-16-15(7-12)18(21)14-5-4-13(22-2)8-17(14)23-16/h3-8,11,19-20H,9-10H2,1-2H3/t11-/m0/s1. The summed E-state index contributed by atoms with van der Waals surface area (Å²) in [6.45, 7) is 2.55. The van der Waals surface area contributed by atoms with E-state index in [4.69, 9.17) is 14.3 Å². The molecule has 5 heteroatoms. The Balaban J connectivity index is 2.07. The summed E-state index contributed by atoms with van der Waals surface area (Å²) < 4.78 is 11.0. The van der Waals surface area contributed by atoms with Gasteiger partial charge in [0.1, 0.15) is 16.9 Å². The number of nitrogens with one attached hydrogen (secondary N) is 1. The lowest BCUT2D eigenvalue weighted by Crippen LogP contribution is -2.28. The number of methoxy groups -OCH3 is 1. The lowest BCUT2D eigenvalue weighted by molar-refractivity contribution is 0.251. The first kappa shape index (κ1) is 15.5. The van der Waals surface area contributed by atoms with E-state index >= 15 is 0 Å². The van der Waals surface area contributed by atoms with Crippen molar-refractivity contribution in [2.45, 2.75) is 19.5 Å². The molecule has 0 saturated carbocycles. The van der Waals surface area contributed by atoms with E-state index in [9.17, 15) is 4.79 Å². The van der Waals surface area contributed by atoms with Crippen LogP contribution in [0.1, 0.15) is 12.5 Å². The number of aliphatic hydroxyl groups is 1. The van der Waals surface area contributed by atoms with Crippen molar-refractivity contribution in [3.63, 3.8) is 0 Å². The molecule has 0 fully saturated rings. The summed E-state index contributed by atoms with van der Waals surface area (Å²) in [5.74, 6) is 0.652. The number of hydrogen-bond acceptors (Lipinski definition) is 5. The second-order valence-corrected chi connectivity index (χ2v) is 5.59. The third-order valence-corrected chi connectivity index (χ3v) is 3.87. The highest BCUT2D eigenvalue weighted by molar-refractivity contribution is 5.90. The van der Waals surface area contributed by atoms with Gasteiger partial charge in [0.15, 0.2) is 0 Å². The Labute approximate surface area is 133 Å². The Morgan fingerprint density at radius 1 is 1.17 bits per heavy atom. The second kappa shape index (κ2) is 6.40. The van der Waals surface area contributed by atoms with Gasteiger partial charge in [-0.2, -0.15) is 0 Å². The van der Waals surface area contributed by atoms with E-state index in [1.165, 1.54) is 0 Å². The van der Waals surface area contributed by atoms with Gasteiger partial charge in [0.2, 0.25) is 5.43 Å². The highest BCUT2D eigenvalue weighted by atomic mass is 16.5. The van der Waals surface area contributed by atoms with E-state index in [-0.39, 0.29) is 18.1 Å². The highest BCUT2D eigenvalue weighted by Gasteiger charge is 2.10. The molecule has 0 bridgehead atoms. The number of rotatable bonds is 5. The predicted molar refractivity (Wildman–Crippen MR) is 89.9 cm³/mol. The molecular formula is C18H19NO4.